The van der Waals surface area contributed by atoms with E-state index in [9.17, 15) is 0 Å². The highest BCUT2D eigenvalue weighted by Crippen LogP contribution is 2.26. The first-order valence-corrected chi connectivity index (χ1v) is 6.56. The summed E-state index contributed by atoms with van der Waals surface area (Å²) in [5.74, 6) is 0.955. The number of aromatic nitrogens is 2. The largest absolute Gasteiger partial charge is 0.398 e. The van der Waals surface area contributed by atoms with Crippen LogP contribution >= 0.6 is 0 Å². The van der Waals surface area contributed by atoms with Gasteiger partial charge in [-0.15, -0.1) is 0 Å². The van der Waals surface area contributed by atoms with Crippen molar-refractivity contribution in [3.63, 3.8) is 0 Å². The van der Waals surface area contributed by atoms with Gasteiger partial charge in [0.15, 0.2) is 0 Å². The molecule has 1 aliphatic heterocycles. The molecule has 0 saturated heterocycles. The summed E-state index contributed by atoms with van der Waals surface area (Å²) < 4.78 is 0. The van der Waals surface area contributed by atoms with Crippen LogP contribution in [0.25, 0.3) is 0 Å². The Hall–Kier alpha value is -2.10. The Balaban J connectivity index is 1.91. The summed E-state index contributed by atoms with van der Waals surface area (Å²) in [4.78, 5) is 11.3. The van der Waals surface area contributed by atoms with E-state index in [1.54, 1.807) is 0 Å². The van der Waals surface area contributed by atoms with Gasteiger partial charge in [0, 0.05) is 18.8 Å². The lowest BCUT2D eigenvalue weighted by Gasteiger charge is -2.30. The first kappa shape index (κ1) is 12.0. The molecule has 4 nitrogen and oxygen atoms in total. The fourth-order valence-corrected chi connectivity index (χ4v) is 2.52. The molecule has 0 fully saturated rings. The molecular formula is C15H18N4. The number of nitrogens with two attached hydrogens (primary N) is 1. The van der Waals surface area contributed by atoms with Crippen molar-refractivity contribution in [1.82, 2.24) is 9.97 Å². The van der Waals surface area contributed by atoms with Crippen LogP contribution in [0, 0.1) is 13.8 Å². The lowest BCUT2D eigenvalue weighted by atomic mass is 9.98. The Morgan fingerprint density at radius 1 is 1.21 bits per heavy atom. The Bertz CT molecular complexity index is 622. The zero-order chi connectivity index (χ0) is 13.4. The van der Waals surface area contributed by atoms with Gasteiger partial charge in [0.05, 0.1) is 17.6 Å². The van der Waals surface area contributed by atoms with E-state index in [1.165, 1.54) is 11.1 Å². The van der Waals surface area contributed by atoms with Gasteiger partial charge in [0.2, 0.25) is 0 Å². The molecule has 1 aromatic heterocycles. The van der Waals surface area contributed by atoms with E-state index in [1.807, 2.05) is 32.2 Å². The van der Waals surface area contributed by atoms with Gasteiger partial charge in [-0.2, -0.15) is 0 Å². The van der Waals surface area contributed by atoms with E-state index in [2.05, 4.69) is 20.9 Å². The van der Waals surface area contributed by atoms with Crippen LogP contribution in [0.5, 0.6) is 0 Å². The second-order valence-corrected chi connectivity index (χ2v) is 5.06. The Morgan fingerprint density at radius 2 is 2.05 bits per heavy atom. The van der Waals surface area contributed by atoms with Crippen LogP contribution < -0.4 is 10.6 Å². The Labute approximate surface area is 113 Å². The average molecular weight is 254 g/mol. The molecule has 1 aliphatic rings. The smallest absolute Gasteiger partial charge is 0.147 e. The van der Waals surface area contributed by atoms with Crippen molar-refractivity contribution in [3.05, 3.63) is 46.9 Å². The van der Waals surface area contributed by atoms with Crippen molar-refractivity contribution >= 4 is 11.5 Å². The van der Waals surface area contributed by atoms with E-state index < -0.39 is 0 Å². The quantitative estimate of drug-likeness (QED) is 0.793. The minimum Gasteiger partial charge on any atom is -0.398 e. The van der Waals surface area contributed by atoms with Crippen LogP contribution in [-0.2, 0) is 13.0 Å². The summed E-state index contributed by atoms with van der Waals surface area (Å²) in [7, 11) is 0. The number of benzene rings is 1. The fraction of sp³-hybridized carbons (Fsp3) is 0.333. The molecule has 98 valence electrons. The number of hydrogen-bond acceptors (Lipinski definition) is 4. The monoisotopic (exact) mass is 254 g/mol. The highest BCUT2D eigenvalue weighted by atomic mass is 15.2. The van der Waals surface area contributed by atoms with Gasteiger partial charge < -0.3 is 10.6 Å². The third-order valence-electron chi connectivity index (χ3n) is 3.81. The summed E-state index contributed by atoms with van der Waals surface area (Å²) in [6, 6.07) is 6.14. The lowest BCUT2D eigenvalue weighted by molar-refractivity contribution is 0.717. The molecular weight excluding hydrogens is 236 g/mol. The highest BCUT2D eigenvalue weighted by molar-refractivity contribution is 5.54. The minimum atomic E-state index is 0.859. The molecule has 0 bridgehead atoms. The number of anilines is 2. The van der Waals surface area contributed by atoms with Crippen LogP contribution in [0.2, 0.25) is 0 Å². The standard InChI is InChI=1S/C15H18N4/c1-10-11(2)18-15(8-17-10)19-7-6-13-12(9-19)4-3-5-14(13)16/h3-5,8H,6-7,9,16H2,1-2H3. The number of hydrogen-bond donors (Lipinski definition) is 1. The van der Waals surface area contributed by atoms with Crippen molar-refractivity contribution < 1.29 is 0 Å². The molecule has 3 rings (SSSR count). The van der Waals surface area contributed by atoms with Crippen molar-refractivity contribution in [1.29, 1.82) is 0 Å². The molecule has 0 radical (unpaired) electrons. The second-order valence-electron chi connectivity index (χ2n) is 5.06. The molecule has 2 heterocycles. The van der Waals surface area contributed by atoms with E-state index >= 15 is 0 Å². The molecule has 4 heteroatoms. The maximum atomic E-state index is 6.02. The summed E-state index contributed by atoms with van der Waals surface area (Å²) in [6.07, 6.45) is 2.83. The van der Waals surface area contributed by atoms with Gasteiger partial charge in [-0.05, 0) is 37.5 Å². The molecule has 0 spiro atoms. The molecule has 19 heavy (non-hydrogen) atoms. The van der Waals surface area contributed by atoms with E-state index in [0.29, 0.717) is 0 Å². The maximum Gasteiger partial charge on any atom is 0.147 e. The summed E-state index contributed by atoms with van der Waals surface area (Å²) in [5, 5.41) is 0. The molecule has 0 aliphatic carbocycles. The molecule has 1 aromatic carbocycles. The first-order valence-electron chi connectivity index (χ1n) is 6.56. The van der Waals surface area contributed by atoms with E-state index in [4.69, 9.17) is 5.73 Å². The van der Waals surface area contributed by atoms with Crippen LogP contribution in [0.3, 0.4) is 0 Å². The van der Waals surface area contributed by atoms with Gasteiger partial charge in [-0.25, -0.2) is 4.98 Å². The van der Waals surface area contributed by atoms with Gasteiger partial charge in [0.25, 0.3) is 0 Å². The number of fused-ring (bicyclic) bond motifs is 1. The lowest BCUT2D eigenvalue weighted by Crippen LogP contribution is -2.31. The van der Waals surface area contributed by atoms with Crippen LogP contribution in [-0.4, -0.2) is 16.5 Å². The third kappa shape index (κ3) is 2.14. The van der Waals surface area contributed by atoms with Gasteiger partial charge in [-0.3, -0.25) is 4.98 Å². The topological polar surface area (TPSA) is 55.0 Å². The SMILES string of the molecule is Cc1ncc(N2CCc3c(N)cccc3C2)nc1C. The molecule has 0 amide bonds. The van der Waals surface area contributed by atoms with E-state index in [0.717, 1.165) is 42.4 Å². The molecule has 0 atom stereocenters. The molecule has 2 N–H and O–H groups in total. The first-order chi connectivity index (χ1) is 9.15. The van der Waals surface area contributed by atoms with Crippen molar-refractivity contribution in [2.75, 3.05) is 17.2 Å². The van der Waals surface area contributed by atoms with Crippen molar-refractivity contribution in [2.45, 2.75) is 26.8 Å². The van der Waals surface area contributed by atoms with E-state index in [-0.39, 0.29) is 0 Å². The Kier molecular flexibility index (Phi) is 2.85. The number of nitrogens with zero attached hydrogens (tertiary/aromatic N) is 3. The minimum absolute atomic E-state index is 0.859. The van der Waals surface area contributed by atoms with Gasteiger partial charge in [-0.1, -0.05) is 12.1 Å². The summed E-state index contributed by atoms with van der Waals surface area (Å²) in [5.41, 5.74) is 11.5. The Morgan fingerprint density at radius 3 is 2.84 bits per heavy atom. The molecule has 0 unspecified atom stereocenters. The van der Waals surface area contributed by atoms with Crippen molar-refractivity contribution in [3.8, 4) is 0 Å². The van der Waals surface area contributed by atoms with Crippen LogP contribution in [0.4, 0.5) is 11.5 Å². The van der Waals surface area contributed by atoms with Crippen molar-refractivity contribution in [2.24, 2.45) is 0 Å². The number of aryl methyl sites for hydroxylation is 2. The molecule has 0 saturated carbocycles. The zero-order valence-electron chi connectivity index (χ0n) is 11.3. The fourth-order valence-electron chi connectivity index (χ4n) is 2.52. The molecule has 2 aromatic rings. The second kappa shape index (κ2) is 4.53. The maximum absolute atomic E-state index is 6.02. The van der Waals surface area contributed by atoms with Crippen LogP contribution in [0.1, 0.15) is 22.5 Å². The summed E-state index contributed by atoms with van der Waals surface area (Å²) in [6.45, 7) is 5.79. The summed E-state index contributed by atoms with van der Waals surface area (Å²) >= 11 is 0. The zero-order valence-corrected chi connectivity index (χ0v) is 11.3. The number of nitrogen functional groups attached to an aromatic ring is 1. The number of rotatable bonds is 1. The third-order valence-corrected chi connectivity index (χ3v) is 3.81. The average Bonchev–Trinajstić information content (AvgIpc) is 2.42. The van der Waals surface area contributed by atoms with Gasteiger partial charge in [0.1, 0.15) is 5.82 Å². The highest BCUT2D eigenvalue weighted by Gasteiger charge is 2.19. The predicted octanol–water partition coefficient (Wildman–Crippen LogP) is 2.24. The predicted molar refractivity (Wildman–Crippen MR) is 77.1 cm³/mol. The van der Waals surface area contributed by atoms with Gasteiger partial charge >= 0.3 is 0 Å². The van der Waals surface area contributed by atoms with Crippen LogP contribution in [0.15, 0.2) is 24.4 Å². The normalized spacial score (nSPS) is 14.3.